The number of hydrogen-bond donors (Lipinski definition) is 0. The van der Waals surface area contributed by atoms with Gasteiger partial charge in [0.25, 0.3) is 0 Å². The number of rotatable bonds is 3. The SMILES string of the molecule is O=C(N(/N=C/c1ccccc1)c1ccccc1)n1c(=O)oc2ccc(Cl)cc21. The second-order valence-corrected chi connectivity index (χ2v) is 6.34. The third-order valence-corrected chi connectivity index (χ3v) is 4.27. The smallest absolute Gasteiger partial charge is 0.407 e. The van der Waals surface area contributed by atoms with Crippen LogP contribution < -0.4 is 10.8 Å². The van der Waals surface area contributed by atoms with Gasteiger partial charge in [0.1, 0.15) is 5.52 Å². The number of aromatic nitrogens is 1. The van der Waals surface area contributed by atoms with Crippen LogP contribution in [0.2, 0.25) is 5.02 Å². The molecule has 0 saturated heterocycles. The number of para-hydroxylation sites is 1. The number of anilines is 1. The normalized spacial score (nSPS) is 11.2. The Bertz CT molecular complexity index is 1210. The monoisotopic (exact) mass is 391 g/mol. The van der Waals surface area contributed by atoms with E-state index in [9.17, 15) is 9.59 Å². The lowest BCUT2D eigenvalue weighted by molar-refractivity contribution is 0.247. The van der Waals surface area contributed by atoms with Gasteiger partial charge in [-0.1, -0.05) is 60.1 Å². The van der Waals surface area contributed by atoms with Crippen LogP contribution in [0.4, 0.5) is 10.5 Å². The summed E-state index contributed by atoms with van der Waals surface area (Å²) in [5.74, 6) is -0.807. The maximum atomic E-state index is 13.2. The molecule has 0 spiro atoms. The van der Waals surface area contributed by atoms with Crippen LogP contribution in [0, 0.1) is 0 Å². The Labute approximate surface area is 164 Å². The Morgan fingerprint density at radius 1 is 1.00 bits per heavy atom. The third-order valence-electron chi connectivity index (χ3n) is 4.04. The van der Waals surface area contributed by atoms with Gasteiger partial charge in [-0.25, -0.2) is 9.59 Å². The Morgan fingerprint density at radius 2 is 1.68 bits per heavy atom. The molecule has 0 unspecified atom stereocenters. The Hall–Kier alpha value is -3.64. The van der Waals surface area contributed by atoms with E-state index in [1.165, 1.54) is 6.07 Å². The molecule has 0 aliphatic rings. The van der Waals surface area contributed by atoms with Crippen LogP contribution in [0.5, 0.6) is 0 Å². The van der Waals surface area contributed by atoms with E-state index in [2.05, 4.69) is 5.10 Å². The summed E-state index contributed by atoms with van der Waals surface area (Å²) < 4.78 is 6.09. The third kappa shape index (κ3) is 3.45. The molecule has 0 aliphatic carbocycles. The fourth-order valence-corrected chi connectivity index (χ4v) is 2.89. The van der Waals surface area contributed by atoms with E-state index in [1.54, 1.807) is 42.6 Å². The Balaban J connectivity index is 1.82. The molecule has 1 amide bonds. The molecule has 3 aromatic carbocycles. The molecule has 138 valence electrons. The number of carbonyl (C=O) groups excluding carboxylic acids is 1. The van der Waals surface area contributed by atoms with E-state index >= 15 is 0 Å². The second kappa shape index (κ2) is 7.54. The van der Waals surface area contributed by atoms with Gasteiger partial charge in [-0.05, 0) is 35.9 Å². The molecule has 0 bridgehead atoms. The minimum absolute atomic E-state index is 0.266. The average molecular weight is 392 g/mol. The highest BCUT2D eigenvalue weighted by molar-refractivity contribution is 6.31. The van der Waals surface area contributed by atoms with Crippen molar-refractivity contribution in [2.24, 2.45) is 5.10 Å². The average Bonchev–Trinajstić information content (AvgIpc) is 3.04. The van der Waals surface area contributed by atoms with Gasteiger partial charge in [0.05, 0.1) is 11.9 Å². The molecular formula is C21H14ClN3O3. The lowest BCUT2D eigenvalue weighted by atomic mass is 10.2. The van der Waals surface area contributed by atoms with Crippen LogP contribution in [-0.4, -0.2) is 16.8 Å². The minimum Gasteiger partial charge on any atom is -0.407 e. The van der Waals surface area contributed by atoms with Gasteiger partial charge in [-0.2, -0.15) is 14.7 Å². The van der Waals surface area contributed by atoms with Crippen molar-refractivity contribution < 1.29 is 9.21 Å². The van der Waals surface area contributed by atoms with Crippen molar-refractivity contribution in [3.8, 4) is 0 Å². The lowest BCUT2D eigenvalue weighted by Gasteiger charge is -2.16. The first-order chi connectivity index (χ1) is 13.6. The molecule has 0 saturated carbocycles. The molecule has 4 aromatic rings. The molecule has 1 aromatic heterocycles. The minimum atomic E-state index is -0.807. The van der Waals surface area contributed by atoms with Gasteiger partial charge in [0.2, 0.25) is 0 Å². The van der Waals surface area contributed by atoms with Crippen LogP contribution in [0.3, 0.4) is 0 Å². The summed E-state index contributed by atoms with van der Waals surface area (Å²) in [7, 11) is 0. The highest BCUT2D eigenvalue weighted by Crippen LogP contribution is 2.21. The van der Waals surface area contributed by atoms with Crippen LogP contribution in [0.1, 0.15) is 5.56 Å². The van der Waals surface area contributed by atoms with Crippen LogP contribution >= 0.6 is 11.6 Å². The van der Waals surface area contributed by atoms with Gasteiger partial charge >= 0.3 is 11.8 Å². The van der Waals surface area contributed by atoms with Gasteiger partial charge in [0, 0.05) is 5.02 Å². The summed E-state index contributed by atoms with van der Waals surface area (Å²) in [5, 5.41) is 5.84. The molecular weight excluding hydrogens is 378 g/mol. The van der Waals surface area contributed by atoms with E-state index in [0.717, 1.165) is 15.1 Å². The topological polar surface area (TPSA) is 67.8 Å². The molecule has 6 nitrogen and oxygen atoms in total. The quantitative estimate of drug-likeness (QED) is 0.373. The molecule has 28 heavy (non-hydrogen) atoms. The van der Waals surface area contributed by atoms with E-state index in [4.69, 9.17) is 16.0 Å². The molecule has 4 rings (SSSR count). The van der Waals surface area contributed by atoms with Gasteiger partial charge in [-0.15, -0.1) is 0 Å². The maximum Gasteiger partial charge on any atom is 0.428 e. The van der Waals surface area contributed by atoms with Gasteiger partial charge in [0.15, 0.2) is 5.58 Å². The summed E-state index contributed by atoms with van der Waals surface area (Å²) >= 11 is 6.03. The summed E-state index contributed by atoms with van der Waals surface area (Å²) in [6.45, 7) is 0. The zero-order chi connectivity index (χ0) is 19.5. The summed E-state index contributed by atoms with van der Waals surface area (Å²) in [4.78, 5) is 25.6. The van der Waals surface area contributed by atoms with Crippen LogP contribution in [0.15, 0.2) is 93.2 Å². The van der Waals surface area contributed by atoms with Crippen LogP contribution in [0.25, 0.3) is 11.1 Å². The van der Waals surface area contributed by atoms with Crippen molar-refractivity contribution >= 4 is 40.6 Å². The standard InChI is InChI=1S/C21H14ClN3O3/c22-16-11-12-19-18(13-16)24(21(27)28-19)20(26)25(17-9-5-2-6-10-17)23-14-15-7-3-1-4-8-15/h1-14H/b23-14+. The number of carbonyl (C=O) groups is 1. The first-order valence-corrected chi connectivity index (χ1v) is 8.81. The predicted octanol–water partition coefficient (Wildman–Crippen LogP) is 4.76. The molecule has 0 fully saturated rings. The molecule has 0 aliphatic heterocycles. The highest BCUT2D eigenvalue weighted by Gasteiger charge is 2.23. The number of halogens is 1. The first kappa shape index (κ1) is 17.8. The Morgan fingerprint density at radius 3 is 2.39 bits per heavy atom. The van der Waals surface area contributed by atoms with Crippen molar-refractivity contribution in [3.05, 3.63) is 100.0 Å². The van der Waals surface area contributed by atoms with E-state index in [-0.39, 0.29) is 11.1 Å². The summed E-state index contributed by atoms with van der Waals surface area (Å²) in [6, 6.07) is 22.1. The van der Waals surface area contributed by atoms with Crippen molar-refractivity contribution in [1.29, 1.82) is 0 Å². The number of nitrogens with zero attached hydrogens (tertiary/aromatic N) is 3. The molecule has 1 heterocycles. The molecule has 7 heteroatoms. The molecule has 0 atom stereocenters. The number of hydrazone groups is 1. The number of fused-ring (bicyclic) bond motifs is 1. The fourth-order valence-electron chi connectivity index (χ4n) is 2.72. The number of hydrogen-bond acceptors (Lipinski definition) is 4. The highest BCUT2D eigenvalue weighted by atomic mass is 35.5. The number of oxazole rings is 1. The van der Waals surface area contributed by atoms with E-state index in [1.807, 2.05) is 36.4 Å². The Kier molecular flexibility index (Phi) is 4.78. The van der Waals surface area contributed by atoms with Crippen molar-refractivity contribution in [3.63, 3.8) is 0 Å². The lowest BCUT2D eigenvalue weighted by Crippen LogP contribution is -2.35. The van der Waals surface area contributed by atoms with E-state index < -0.39 is 11.8 Å². The fraction of sp³-hybridized carbons (Fsp3) is 0. The number of amides is 1. The maximum absolute atomic E-state index is 13.2. The van der Waals surface area contributed by atoms with Crippen molar-refractivity contribution in [2.75, 3.05) is 5.01 Å². The van der Waals surface area contributed by atoms with Crippen molar-refractivity contribution in [2.45, 2.75) is 0 Å². The van der Waals surface area contributed by atoms with Gasteiger partial charge < -0.3 is 4.42 Å². The second-order valence-electron chi connectivity index (χ2n) is 5.90. The zero-order valence-electron chi connectivity index (χ0n) is 14.5. The number of benzene rings is 3. The van der Waals surface area contributed by atoms with E-state index in [0.29, 0.717) is 10.7 Å². The van der Waals surface area contributed by atoms with Gasteiger partial charge in [-0.3, -0.25) is 0 Å². The largest absolute Gasteiger partial charge is 0.428 e. The summed E-state index contributed by atoms with van der Waals surface area (Å²) in [5.41, 5.74) is 1.85. The van der Waals surface area contributed by atoms with Crippen molar-refractivity contribution in [1.82, 2.24) is 4.57 Å². The summed E-state index contributed by atoms with van der Waals surface area (Å²) in [6.07, 6.45) is 1.55. The van der Waals surface area contributed by atoms with Crippen LogP contribution in [-0.2, 0) is 0 Å². The zero-order valence-corrected chi connectivity index (χ0v) is 15.3. The first-order valence-electron chi connectivity index (χ1n) is 8.43. The molecule has 0 radical (unpaired) electrons. The molecule has 0 N–H and O–H groups in total. The predicted molar refractivity (Wildman–Crippen MR) is 109 cm³/mol.